The van der Waals surface area contributed by atoms with Gasteiger partial charge in [-0.05, 0) is 26.4 Å². The average molecular weight is 248 g/mol. The van der Waals surface area contributed by atoms with Crippen molar-refractivity contribution in [3.8, 4) is 0 Å². The second kappa shape index (κ2) is 5.98. The second-order valence-corrected chi connectivity index (χ2v) is 7.02. The third-order valence-corrected chi connectivity index (χ3v) is 5.11. The normalized spacial score (nSPS) is 26.5. The topological polar surface area (TPSA) is 49.4 Å². The highest BCUT2D eigenvalue weighted by Crippen LogP contribution is 2.24. The predicted molar refractivity (Wildman–Crippen MR) is 67.4 cm³/mol. The van der Waals surface area contributed by atoms with Gasteiger partial charge in [0.1, 0.15) is 0 Å². The van der Waals surface area contributed by atoms with Crippen LogP contribution in [0.5, 0.6) is 0 Å². The molecule has 1 fully saturated rings. The Hall–Kier alpha value is -0.130. The van der Waals surface area contributed by atoms with Crippen LogP contribution in [0.3, 0.4) is 0 Å². The van der Waals surface area contributed by atoms with Crippen molar-refractivity contribution >= 4 is 9.84 Å². The molecule has 1 rings (SSSR count). The SMILES string of the molecule is CCN(C)CCNC1CCCC1S(C)(=O)=O. The lowest BCUT2D eigenvalue weighted by Gasteiger charge is -2.21. The summed E-state index contributed by atoms with van der Waals surface area (Å²) in [5.74, 6) is 0. The number of nitrogens with zero attached hydrogens (tertiary/aromatic N) is 1. The van der Waals surface area contributed by atoms with Crippen LogP contribution in [0.25, 0.3) is 0 Å². The van der Waals surface area contributed by atoms with Gasteiger partial charge in [0.2, 0.25) is 0 Å². The molecule has 0 aliphatic heterocycles. The van der Waals surface area contributed by atoms with Crippen LogP contribution >= 0.6 is 0 Å². The first-order chi connectivity index (χ1) is 7.45. The van der Waals surface area contributed by atoms with Crippen LogP contribution in [-0.2, 0) is 9.84 Å². The highest BCUT2D eigenvalue weighted by molar-refractivity contribution is 7.91. The summed E-state index contributed by atoms with van der Waals surface area (Å²) in [5, 5.41) is 3.22. The van der Waals surface area contributed by atoms with Gasteiger partial charge in [-0.15, -0.1) is 0 Å². The summed E-state index contributed by atoms with van der Waals surface area (Å²) >= 11 is 0. The maximum atomic E-state index is 11.5. The predicted octanol–water partition coefficient (Wildman–Crippen LogP) is 0.493. The fraction of sp³-hybridized carbons (Fsp3) is 1.00. The van der Waals surface area contributed by atoms with E-state index in [1.165, 1.54) is 6.26 Å². The summed E-state index contributed by atoms with van der Waals surface area (Å²) in [5.41, 5.74) is 0. The summed E-state index contributed by atoms with van der Waals surface area (Å²) in [4.78, 5) is 2.22. The molecule has 2 atom stereocenters. The van der Waals surface area contributed by atoms with Crippen LogP contribution in [0.4, 0.5) is 0 Å². The lowest BCUT2D eigenvalue weighted by Crippen LogP contribution is -2.42. The minimum absolute atomic E-state index is 0.167. The van der Waals surface area contributed by atoms with Gasteiger partial charge in [0, 0.05) is 25.4 Å². The molecule has 0 spiro atoms. The molecule has 1 N–H and O–H groups in total. The van der Waals surface area contributed by atoms with Gasteiger partial charge in [-0.1, -0.05) is 13.3 Å². The van der Waals surface area contributed by atoms with E-state index in [1.54, 1.807) is 0 Å². The van der Waals surface area contributed by atoms with Gasteiger partial charge in [0.15, 0.2) is 9.84 Å². The van der Waals surface area contributed by atoms with E-state index in [0.29, 0.717) is 0 Å². The number of hydrogen-bond donors (Lipinski definition) is 1. The van der Waals surface area contributed by atoms with E-state index < -0.39 is 9.84 Å². The van der Waals surface area contributed by atoms with Crippen LogP contribution in [0.2, 0.25) is 0 Å². The Labute approximate surface area is 99.3 Å². The molecule has 2 unspecified atom stereocenters. The second-order valence-electron chi connectivity index (χ2n) is 4.76. The van der Waals surface area contributed by atoms with E-state index >= 15 is 0 Å². The maximum absolute atomic E-state index is 11.5. The first-order valence-electron chi connectivity index (χ1n) is 6.06. The summed E-state index contributed by atoms with van der Waals surface area (Å²) in [6.45, 7) is 5.00. The third-order valence-electron chi connectivity index (χ3n) is 3.44. The van der Waals surface area contributed by atoms with Crippen LogP contribution in [0, 0.1) is 0 Å². The molecule has 0 heterocycles. The summed E-state index contributed by atoms with van der Waals surface area (Å²) in [6, 6.07) is 0.167. The average Bonchev–Trinajstić information content (AvgIpc) is 2.65. The van der Waals surface area contributed by atoms with Crippen LogP contribution < -0.4 is 5.32 Å². The van der Waals surface area contributed by atoms with Gasteiger partial charge in [-0.3, -0.25) is 0 Å². The quantitative estimate of drug-likeness (QED) is 0.743. The first-order valence-corrected chi connectivity index (χ1v) is 8.01. The number of nitrogens with one attached hydrogen (secondary N) is 1. The number of sulfone groups is 1. The zero-order valence-corrected chi connectivity index (χ0v) is 11.4. The first kappa shape index (κ1) is 13.9. The van der Waals surface area contributed by atoms with Crippen LogP contribution in [-0.4, -0.2) is 57.5 Å². The van der Waals surface area contributed by atoms with E-state index in [9.17, 15) is 8.42 Å². The Bertz CT molecular complexity index is 303. The van der Waals surface area contributed by atoms with Crippen molar-refractivity contribution in [2.75, 3.05) is 32.9 Å². The molecule has 96 valence electrons. The lowest BCUT2D eigenvalue weighted by atomic mass is 10.2. The summed E-state index contributed by atoms with van der Waals surface area (Å²) < 4.78 is 23.1. The molecule has 0 bridgehead atoms. The summed E-state index contributed by atoms with van der Waals surface area (Å²) in [6.07, 6.45) is 4.20. The lowest BCUT2D eigenvalue weighted by molar-refractivity contribution is 0.339. The standard InChI is InChI=1S/C11H24N2O2S/c1-4-13(2)9-8-12-10-6-5-7-11(10)16(3,14)15/h10-12H,4-9H2,1-3H3. The van der Waals surface area contributed by atoms with Crippen molar-refractivity contribution in [1.82, 2.24) is 10.2 Å². The molecular weight excluding hydrogens is 224 g/mol. The summed E-state index contributed by atoms with van der Waals surface area (Å²) in [7, 11) is -0.810. The van der Waals surface area contributed by atoms with Crippen molar-refractivity contribution in [2.24, 2.45) is 0 Å². The van der Waals surface area contributed by atoms with E-state index in [1.807, 2.05) is 0 Å². The largest absolute Gasteiger partial charge is 0.311 e. The molecular formula is C11H24N2O2S. The number of likely N-dealkylation sites (N-methyl/N-ethyl adjacent to an activating group) is 1. The highest BCUT2D eigenvalue weighted by atomic mass is 32.2. The maximum Gasteiger partial charge on any atom is 0.151 e. The van der Waals surface area contributed by atoms with Crippen molar-refractivity contribution in [2.45, 2.75) is 37.5 Å². The zero-order valence-electron chi connectivity index (χ0n) is 10.6. The van der Waals surface area contributed by atoms with Crippen molar-refractivity contribution < 1.29 is 8.42 Å². The van der Waals surface area contributed by atoms with Gasteiger partial charge in [-0.2, -0.15) is 0 Å². The molecule has 0 aromatic carbocycles. The van der Waals surface area contributed by atoms with Gasteiger partial charge in [0.25, 0.3) is 0 Å². The monoisotopic (exact) mass is 248 g/mol. The van der Waals surface area contributed by atoms with E-state index in [2.05, 4.69) is 24.2 Å². The van der Waals surface area contributed by atoms with Gasteiger partial charge < -0.3 is 10.2 Å². The third kappa shape index (κ3) is 4.03. The minimum Gasteiger partial charge on any atom is -0.311 e. The number of hydrogen-bond acceptors (Lipinski definition) is 4. The molecule has 0 aromatic heterocycles. The van der Waals surface area contributed by atoms with Gasteiger partial charge in [0.05, 0.1) is 5.25 Å². The fourth-order valence-electron chi connectivity index (χ4n) is 2.27. The Morgan fingerprint density at radius 1 is 1.38 bits per heavy atom. The molecule has 1 aliphatic rings. The van der Waals surface area contributed by atoms with Crippen LogP contribution in [0.15, 0.2) is 0 Å². The Morgan fingerprint density at radius 2 is 2.06 bits per heavy atom. The van der Waals surface area contributed by atoms with Crippen LogP contribution in [0.1, 0.15) is 26.2 Å². The molecule has 0 radical (unpaired) electrons. The molecule has 1 aliphatic carbocycles. The zero-order chi connectivity index (χ0) is 12.2. The molecule has 4 nitrogen and oxygen atoms in total. The smallest absolute Gasteiger partial charge is 0.151 e. The molecule has 0 saturated heterocycles. The molecule has 0 aromatic rings. The van der Waals surface area contributed by atoms with Gasteiger partial charge in [-0.25, -0.2) is 8.42 Å². The Kier molecular flexibility index (Phi) is 5.21. The molecule has 1 saturated carbocycles. The Morgan fingerprint density at radius 3 is 2.62 bits per heavy atom. The van der Waals surface area contributed by atoms with E-state index in [4.69, 9.17) is 0 Å². The Balaban J connectivity index is 2.36. The van der Waals surface area contributed by atoms with Crippen molar-refractivity contribution in [3.63, 3.8) is 0 Å². The molecule has 5 heteroatoms. The van der Waals surface area contributed by atoms with E-state index in [0.717, 1.165) is 38.9 Å². The minimum atomic E-state index is -2.88. The van der Waals surface area contributed by atoms with E-state index in [-0.39, 0.29) is 11.3 Å². The number of rotatable bonds is 6. The van der Waals surface area contributed by atoms with Crippen molar-refractivity contribution in [1.29, 1.82) is 0 Å². The molecule has 0 amide bonds. The highest BCUT2D eigenvalue weighted by Gasteiger charge is 2.34. The van der Waals surface area contributed by atoms with Gasteiger partial charge >= 0.3 is 0 Å². The fourth-order valence-corrected chi connectivity index (χ4v) is 3.69. The molecule has 16 heavy (non-hydrogen) atoms. The van der Waals surface area contributed by atoms with Crippen molar-refractivity contribution in [3.05, 3.63) is 0 Å².